The second-order valence-electron chi connectivity index (χ2n) is 10.3. The smallest absolute Gasteiger partial charge is 0.410 e. The topological polar surface area (TPSA) is 61.9 Å². The van der Waals surface area contributed by atoms with Crippen molar-refractivity contribution in [1.29, 1.82) is 0 Å². The number of piperidine rings is 1. The molecule has 1 aliphatic heterocycles. The quantitative estimate of drug-likeness (QED) is 0.599. The molecular weight excluding hydrogens is 414 g/mol. The van der Waals surface area contributed by atoms with E-state index in [2.05, 4.69) is 12.2 Å². The summed E-state index contributed by atoms with van der Waals surface area (Å²) in [5.41, 5.74) is 0.234. The first-order valence-electron chi connectivity index (χ1n) is 11.4. The van der Waals surface area contributed by atoms with Gasteiger partial charge in [0.1, 0.15) is 5.60 Å². The molecule has 1 saturated heterocycles. The number of carbonyl (C=O) groups excluding carboxylic acids is 2. The summed E-state index contributed by atoms with van der Waals surface area (Å²) in [5, 5.41) is 3.70. The third kappa shape index (κ3) is 6.76. The molecule has 0 spiro atoms. The average Bonchev–Trinajstić information content (AvgIpc) is 3.21. The van der Waals surface area contributed by atoms with E-state index >= 15 is 0 Å². The summed E-state index contributed by atoms with van der Waals surface area (Å²) in [7, 11) is 0. The van der Waals surface area contributed by atoms with Crippen LogP contribution in [0.25, 0.3) is 0 Å². The van der Waals surface area contributed by atoms with Gasteiger partial charge in [0.25, 0.3) is 0 Å². The normalized spacial score (nSPS) is 19.2. The van der Waals surface area contributed by atoms with E-state index in [0.29, 0.717) is 24.7 Å². The van der Waals surface area contributed by atoms with E-state index in [1.165, 1.54) is 12.8 Å². The lowest BCUT2D eigenvalue weighted by Gasteiger charge is -2.43. The van der Waals surface area contributed by atoms with Crippen molar-refractivity contribution < 1.29 is 14.3 Å². The minimum Gasteiger partial charge on any atom is -0.444 e. The first-order chi connectivity index (χ1) is 14.5. The molecular formula is C24H36ClN3O3. The number of benzene rings is 1. The van der Waals surface area contributed by atoms with E-state index in [4.69, 9.17) is 16.3 Å². The highest BCUT2D eigenvalue weighted by atomic mass is 35.5. The van der Waals surface area contributed by atoms with E-state index in [-0.39, 0.29) is 23.6 Å². The summed E-state index contributed by atoms with van der Waals surface area (Å²) < 4.78 is 5.52. The largest absolute Gasteiger partial charge is 0.444 e. The predicted molar refractivity (Wildman–Crippen MR) is 125 cm³/mol. The Morgan fingerprint density at radius 2 is 1.74 bits per heavy atom. The van der Waals surface area contributed by atoms with Crippen LogP contribution < -0.4 is 5.32 Å². The number of halogens is 1. The van der Waals surface area contributed by atoms with Gasteiger partial charge >= 0.3 is 12.1 Å². The summed E-state index contributed by atoms with van der Waals surface area (Å²) in [6.07, 6.45) is 5.88. The van der Waals surface area contributed by atoms with Gasteiger partial charge in [-0.2, -0.15) is 0 Å². The van der Waals surface area contributed by atoms with Crippen molar-refractivity contribution in [2.24, 2.45) is 5.41 Å². The minimum atomic E-state index is -0.489. The maximum Gasteiger partial charge on any atom is 0.410 e. The number of hydrogen-bond acceptors (Lipinski definition) is 3. The Kier molecular flexibility index (Phi) is 7.40. The standard InChI is InChI=1S/C24H36ClN3O3/c1-23(2,3)31-22(30)27-15-13-24(4,14-16-27)17-28(20-7-5-6-8-20)21(29)26-19-11-9-18(25)10-12-19/h9-12,20H,5-8,13-17H2,1-4H3,(H,26,29). The predicted octanol–water partition coefficient (Wildman–Crippen LogP) is 6.15. The molecule has 0 aromatic heterocycles. The SMILES string of the molecule is CC1(CN(C(=O)Nc2ccc(Cl)cc2)C2CCCC2)CCN(C(=O)OC(C)(C)C)CC1. The molecule has 0 unspecified atom stereocenters. The molecule has 1 aromatic carbocycles. The van der Waals surface area contributed by atoms with Gasteiger partial charge in [0.15, 0.2) is 0 Å². The van der Waals surface area contributed by atoms with Crippen molar-refractivity contribution in [1.82, 2.24) is 9.80 Å². The molecule has 2 fully saturated rings. The Bertz CT molecular complexity index is 761. The lowest BCUT2D eigenvalue weighted by molar-refractivity contribution is 0.00776. The van der Waals surface area contributed by atoms with E-state index in [9.17, 15) is 9.59 Å². The number of urea groups is 1. The third-order valence-corrected chi connectivity index (χ3v) is 6.55. The molecule has 1 heterocycles. The van der Waals surface area contributed by atoms with Crippen LogP contribution in [0.5, 0.6) is 0 Å². The van der Waals surface area contributed by atoms with E-state index < -0.39 is 5.60 Å². The van der Waals surface area contributed by atoms with Crippen LogP contribution in [0.1, 0.15) is 66.2 Å². The second-order valence-corrected chi connectivity index (χ2v) is 10.7. The molecule has 0 radical (unpaired) electrons. The van der Waals surface area contributed by atoms with Crippen LogP contribution in [-0.4, -0.2) is 53.2 Å². The Morgan fingerprint density at radius 3 is 2.29 bits per heavy atom. The number of likely N-dealkylation sites (tertiary alicyclic amines) is 1. The van der Waals surface area contributed by atoms with Gasteiger partial charge in [-0.25, -0.2) is 9.59 Å². The van der Waals surface area contributed by atoms with Crippen LogP contribution in [0.15, 0.2) is 24.3 Å². The van der Waals surface area contributed by atoms with Crippen LogP contribution in [0.4, 0.5) is 15.3 Å². The first kappa shape index (κ1) is 23.7. The molecule has 0 atom stereocenters. The number of rotatable bonds is 4. The van der Waals surface area contributed by atoms with Gasteiger partial charge in [0.2, 0.25) is 0 Å². The molecule has 3 rings (SSSR count). The van der Waals surface area contributed by atoms with Gasteiger partial charge < -0.3 is 19.9 Å². The maximum absolute atomic E-state index is 13.2. The monoisotopic (exact) mass is 449 g/mol. The third-order valence-electron chi connectivity index (χ3n) is 6.30. The van der Waals surface area contributed by atoms with Crippen molar-refractivity contribution in [2.45, 2.75) is 77.9 Å². The highest BCUT2D eigenvalue weighted by molar-refractivity contribution is 6.30. The highest BCUT2D eigenvalue weighted by Gasteiger charge is 2.38. The minimum absolute atomic E-state index is 0.0293. The second kappa shape index (κ2) is 9.68. The number of nitrogens with one attached hydrogen (secondary N) is 1. The van der Waals surface area contributed by atoms with Gasteiger partial charge in [-0.3, -0.25) is 0 Å². The van der Waals surface area contributed by atoms with Gasteiger partial charge in [-0.1, -0.05) is 31.4 Å². The number of carbonyl (C=O) groups is 2. The van der Waals surface area contributed by atoms with Crippen LogP contribution in [0.2, 0.25) is 5.02 Å². The fourth-order valence-corrected chi connectivity index (χ4v) is 4.56. The van der Waals surface area contributed by atoms with Crippen LogP contribution in [0.3, 0.4) is 0 Å². The van der Waals surface area contributed by atoms with Crippen molar-refractivity contribution in [3.05, 3.63) is 29.3 Å². The van der Waals surface area contributed by atoms with Crippen LogP contribution in [-0.2, 0) is 4.74 Å². The molecule has 6 nitrogen and oxygen atoms in total. The van der Waals surface area contributed by atoms with Crippen molar-refractivity contribution in [2.75, 3.05) is 25.0 Å². The molecule has 1 aromatic rings. The van der Waals surface area contributed by atoms with Gasteiger partial charge in [-0.05, 0) is 76.1 Å². The van der Waals surface area contributed by atoms with Gasteiger partial charge in [0.05, 0.1) is 0 Å². The molecule has 172 valence electrons. The summed E-state index contributed by atoms with van der Waals surface area (Å²) in [5.74, 6) is 0. The zero-order valence-corrected chi connectivity index (χ0v) is 20.0. The van der Waals surface area contributed by atoms with Crippen LogP contribution in [0, 0.1) is 5.41 Å². The summed E-state index contributed by atoms with van der Waals surface area (Å²) in [6, 6.07) is 7.44. The molecule has 7 heteroatoms. The zero-order chi connectivity index (χ0) is 22.6. The first-order valence-corrected chi connectivity index (χ1v) is 11.7. The lowest BCUT2D eigenvalue weighted by Crippen LogP contribution is -2.51. The average molecular weight is 450 g/mol. The Balaban J connectivity index is 1.63. The van der Waals surface area contributed by atoms with Crippen LogP contribution >= 0.6 is 11.6 Å². The van der Waals surface area contributed by atoms with E-state index in [1.807, 2.05) is 37.8 Å². The molecule has 1 saturated carbocycles. The number of ether oxygens (including phenoxy) is 1. The Hall–Kier alpha value is -1.95. The molecule has 3 amide bonds. The molecule has 2 aliphatic rings. The highest BCUT2D eigenvalue weighted by Crippen LogP contribution is 2.35. The number of amides is 3. The van der Waals surface area contributed by atoms with Crippen molar-refractivity contribution >= 4 is 29.4 Å². The summed E-state index contributed by atoms with van der Waals surface area (Å²) in [4.78, 5) is 29.5. The van der Waals surface area contributed by atoms with E-state index in [0.717, 1.165) is 31.4 Å². The maximum atomic E-state index is 13.2. The van der Waals surface area contributed by atoms with Gasteiger partial charge in [0, 0.05) is 36.4 Å². The number of nitrogens with zero attached hydrogens (tertiary/aromatic N) is 2. The Morgan fingerprint density at radius 1 is 1.16 bits per heavy atom. The fraction of sp³-hybridized carbons (Fsp3) is 0.667. The zero-order valence-electron chi connectivity index (χ0n) is 19.2. The summed E-state index contributed by atoms with van der Waals surface area (Å²) in [6.45, 7) is 9.90. The summed E-state index contributed by atoms with van der Waals surface area (Å²) >= 11 is 5.97. The lowest BCUT2D eigenvalue weighted by atomic mass is 9.79. The molecule has 31 heavy (non-hydrogen) atoms. The number of hydrogen-bond donors (Lipinski definition) is 1. The Labute approximate surface area is 191 Å². The number of anilines is 1. The molecule has 1 aliphatic carbocycles. The van der Waals surface area contributed by atoms with Gasteiger partial charge in [-0.15, -0.1) is 0 Å². The molecule has 0 bridgehead atoms. The molecule has 1 N–H and O–H groups in total. The van der Waals surface area contributed by atoms with E-state index in [1.54, 1.807) is 17.0 Å². The van der Waals surface area contributed by atoms with Crippen molar-refractivity contribution in [3.8, 4) is 0 Å². The fourth-order valence-electron chi connectivity index (χ4n) is 4.44. The van der Waals surface area contributed by atoms with Crippen molar-refractivity contribution in [3.63, 3.8) is 0 Å².